The number of hydrogen-bond donors (Lipinski definition) is 2. The molecule has 1 fully saturated rings. The number of nitrogens with zero attached hydrogens (tertiary/aromatic N) is 1. The van der Waals surface area contributed by atoms with Crippen molar-refractivity contribution in [3.63, 3.8) is 0 Å². The van der Waals surface area contributed by atoms with Gasteiger partial charge in [-0.3, -0.25) is 14.5 Å². The second-order valence-electron chi connectivity index (χ2n) is 3.22. The molecule has 1 aliphatic heterocycles. The topological polar surface area (TPSA) is 99.8 Å². The molecule has 2 heterocycles. The van der Waals surface area contributed by atoms with Crippen molar-refractivity contribution in [2.45, 2.75) is 6.04 Å². The fraction of sp³-hybridized carbons (Fsp3) is 0.222. The van der Waals surface area contributed by atoms with Crippen molar-refractivity contribution in [2.75, 3.05) is 6.54 Å². The number of hydrogen-bond acceptors (Lipinski definition) is 4. The Kier molecular flexibility index (Phi) is 2.35. The lowest BCUT2D eigenvalue weighted by molar-refractivity contribution is -0.141. The van der Waals surface area contributed by atoms with E-state index in [1.807, 2.05) is 0 Å². The molecule has 2 rings (SSSR count). The maximum absolute atomic E-state index is 11.7. The molecule has 0 aromatic carbocycles. The summed E-state index contributed by atoms with van der Waals surface area (Å²) in [6.07, 6.45) is 1.37. The third-order valence-corrected chi connectivity index (χ3v) is 2.15. The molecule has 7 heteroatoms. The van der Waals surface area contributed by atoms with Gasteiger partial charge in [0.1, 0.15) is 12.3 Å². The highest BCUT2D eigenvalue weighted by atomic mass is 16.4. The van der Waals surface area contributed by atoms with E-state index in [1.54, 1.807) is 6.07 Å². The van der Waals surface area contributed by atoms with Crippen molar-refractivity contribution >= 4 is 17.9 Å². The summed E-state index contributed by atoms with van der Waals surface area (Å²) in [5.41, 5.74) is 0. The largest absolute Gasteiger partial charge is 0.480 e. The number of imide groups is 1. The highest BCUT2D eigenvalue weighted by Crippen LogP contribution is 2.21. The van der Waals surface area contributed by atoms with Crippen molar-refractivity contribution < 1.29 is 23.9 Å². The smallest absolute Gasteiger partial charge is 0.325 e. The van der Waals surface area contributed by atoms with Crippen LogP contribution in [0, 0.1) is 0 Å². The van der Waals surface area contributed by atoms with Gasteiger partial charge < -0.3 is 14.8 Å². The van der Waals surface area contributed by atoms with E-state index in [4.69, 9.17) is 9.52 Å². The number of carbonyl (C=O) groups excluding carboxylic acids is 2. The molecule has 0 spiro atoms. The van der Waals surface area contributed by atoms with Gasteiger partial charge in [-0.2, -0.15) is 0 Å². The van der Waals surface area contributed by atoms with Gasteiger partial charge in [0, 0.05) is 0 Å². The van der Waals surface area contributed by atoms with E-state index in [9.17, 15) is 14.4 Å². The van der Waals surface area contributed by atoms with Crippen LogP contribution in [0.25, 0.3) is 0 Å². The molecule has 0 aliphatic carbocycles. The van der Waals surface area contributed by atoms with Crippen LogP contribution in [-0.4, -0.2) is 34.5 Å². The lowest BCUT2D eigenvalue weighted by atomic mass is 10.2. The molecule has 3 amide bonds. The van der Waals surface area contributed by atoms with Crippen molar-refractivity contribution in [3.05, 3.63) is 24.2 Å². The van der Waals surface area contributed by atoms with E-state index in [0.717, 1.165) is 0 Å². The maximum Gasteiger partial charge on any atom is 0.325 e. The number of furan rings is 1. The standard InChI is InChI=1S/C9H8N2O5/c12-6(13)4-11-8(14)7(10-9(11)15)5-2-1-3-16-5/h1-3,7H,4H2,(H,10,15)(H,12,13)/t7-/m1/s1. The third kappa shape index (κ3) is 1.62. The summed E-state index contributed by atoms with van der Waals surface area (Å²) >= 11 is 0. The number of nitrogens with one attached hydrogen (secondary N) is 1. The number of amides is 3. The van der Waals surface area contributed by atoms with E-state index < -0.39 is 30.5 Å². The van der Waals surface area contributed by atoms with Crippen LogP contribution >= 0.6 is 0 Å². The van der Waals surface area contributed by atoms with Crippen LogP contribution in [0.2, 0.25) is 0 Å². The first-order valence-corrected chi connectivity index (χ1v) is 4.46. The van der Waals surface area contributed by atoms with Crippen LogP contribution in [0.15, 0.2) is 22.8 Å². The minimum Gasteiger partial charge on any atom is -0.480 e. The van der Waals surface area contributed by atoms with Gasteiger partial charge in [0.25, 0.3) is 5.91 Å². The van der Waals surface area contributed by atoms with Crippen molar-refractivity contribution in [1.29, 1.82) is 0 Å². The first-order valence-electron chi connectivity index (χ1n) is 4.46. The lowest BCUT2D eigenvalue weighted by Crippen LogP contribution is -2.35. The number of urea groups is 1. The normalized spacial score (nSPS) is 20.0. The van der Waals surface area contributed by atoms with Crippen LogP contribution in [0.5, 0.6) is 0 Å². The Labute approximate surface area is 89.6 Å². The summed E-state index contributed by atoms with van der Waals surface area (Å²) < 4.78 is 4.98. The predicted molar refractivity (Wildman–Crippen MR) is 49.3 cm³/mol. The molecular formula is C9H8N2O5. The van der Waals surface area contributed by atoms with Gasteiger partial charge in [0.2, 0.25) is 0 Å². The molecule has 0 unspecified atom stereocenters. The van der Waals surface area contributed by atoms with E-state index in [0.29, 0.717) is 4.90 Å². The second kappa shape index (κ2) is 3.69. The second-order valence-corrected chi connectivity index (χ2v) is 3.22. The maximum atomic E-state index is 11.7. The molecule has 0 bridgehead atoms. The quantitative estimate of drug-likeness (QED) is 0.701. The molecule has 0 saturated carbocycles. The molecule has 84 valence electrons. The SMILES string of the molecule is O=C(O)CN1C(=O)N[C@H](c2ccco2)C1=O. The molecule has 0 radical (unpaired) electrons. The Hall–Kier alpha value is -2.31. The van der Waals surface area contributed by atoms with E-state index in [1.165, 1.54) is 12.3 Å². The average molecular weight is 224 g/mol. The number of carbonyl (C=O) groups is 3. The fourth-order valence-corrected chi connectivity index (χ4v) is 1.45. The summed E-state index contributed by atoms with van der Waals surface area (Å²) in [6, 6.07) is 1.46. The van der Waals surface area contributed by atoms with Crippen LogP contribution in [-0.2, 0) is 9.59 Å². The Morgan fingerprint density at radius 3 is 2.88 bits per heavy atom. The third-order valence-electron chi connectivity index (χ3n) is 2.15. The number of carboxylic acid groups (broad SMARTS) is 1. The molecule has 2 N–H and O–H groups in total. The molecule has 7 nitrogen and oxygen atoms in total. The number of carboxylic acids is 1. The average Bonchev–Trinajstić information content (AvgIpc) is 2.80. The van der Waals surface area contributed by atoms with E-state index >= 15 is 0 Å². The van der Waals surface area contributed by atoms with Gasteiger partial charge in [-0.25, -0.2) is 4.79 Å². The predicted octanol–water partition coefficient (Wildman–Crippen LogP) is -0.0429. The summed E-state index contributed by atoms with van der Waals surface area (Å²) in [5.74, 6) is -1.59. The lowest BCUT2D eigenvalue weighted by Gasteiger charge is -2.08. The Bertz CT molecular complexity index is 439. The van der Waals surface area contributed by atoms with Crippen molar-refractivity contribution in [2.24, 2.45) is 0 Å². The van der Waals surface area contributed by atoms with Gasteiger partial charge in [-0.1, -0.05) is 0 Å². The van der Waals surface area contributed by atoms with Gasteiger partial charge in [-0.15, -0.1) is 0 Å². The zero-order valence-electron chi connectivity index (χ0n) is 8.04. The summed E-state index contributed by atoms with van der Waals surface area (Å²) in [4.78, 5) is 34.1. The van der Waals surface area contributed by atoms with Gasteiger partial charge in [0.05, 0.1) is 6.26 Å². The minimum atomic E-state index is -1.25. The van der Waals surface area contributed by atoms with E-state index in [-0.39, 0.29) is 5.76 Å². The summed E-state index contributed by atoms with van der Waals surface area (Å²) in [5, 5.41) is 10.9. The zero-order valence-corrected chi connectivity index (χ0v) is 8.04. The van der Waals surface area contributed by atoms with Crippen LogP contribution in [0.3, 0.4) is 0 Å². The molecule has 1 saturated heterocycles. The van der Waals surface area contributed by atoms with E-state index in [2.05, 4.69) is 5.32 Å². The summed E-state index contributed by atoms with van der Waals surface area (Å²) in [7, 11) is 0. The van der Waals surface area contributed by atoms with Gasteiger partial charge in [0.15, 0.2) is 6.04 Å². The van der Waals surface area contributed by atoms with Crippen LogP contribution < -0.4 is 5.32 Å². The molecule has 1 aromatic rings. The van der Waals surface area contributed by atoms with Gasteiger partial charge in [-0.05, 0) is 12.1 Å². The fourth-order valence-electron chi connectivity index (χ4n) is 1.45. The molecule has 1 atom stereocenters. The van der Waals surface area contributed by atoms with Gasteiger partial charge >= 0.3 is 12.0 Å². The van der Waals surface area contributed by atoms with Crippen LogP contribution in [0.1, 0.15) is 11.8 Å². The Morgan fingerprint density at radius 2 is 2.31 bits per heavy atom. The summed E-state index contributed by atoms with van der Waals surface area (Å²) in [6.45, 7) is -0.651. The number of rotatable bonds is 3. The molecular weight excluding hydrogens is 216 g/mol. The monoisotopic (exact) mass is 224 g/mol. The van der Waals surface area contributed by atoms with Crippen LogP contribution in [0.4, 0.5) is 4.79 Å². The molecule has 1 aliphatic rings. The first-order chi connectivity index (χ1) is 7.59. The minimum absolute atomic E-state index is 0.284. The molecule has 1 aromatic heterocycles. The first kappa shape index (κ1) is 10.2. The van der Waals surface area contributed by atoms with Crippen molar-refractivity contribution in [3.8, 4) is 0 Å². The zero-order chi connectivity index (χ0) is 11.7. The highest BCUT2D eigenvalue weighted by molar-refractivity contribution is 6.06. The molecule has 16 heavy (non-hydrogen) atoms. The van der Waals surface area contributed by atoms with Crippen molar-refractivity contribution in [1.82, 2.24) is 10.2 Å². The number of aliphatic carboxylic acids is 1. The Balaban J connectivity index is 2.19. The highest BCUT2D eigenvalue weighted by Gasteiger charge is 2.41. The Morgan fingerprint density at radius 1 is 1.56 bits per heavy atom.